The monoisotopic (exact) mass is 361 g/mol. The SMILES string of the molecule is C[C@H](NC(=O)c1ccco1)C(=O)NN=C(c1ccccc1)c1ccccc1. The third-order valence-corrected chi connectivity index (χ3v) is 3.86. The Morgan fingerprint density at radius 1 is 0.889 bits per heavy atom. The molecule has 6 heteroatoms. The van der Waals surface area contributed by atoms with E-state index in [0.717, 1.165) is 11.1 Å². The van der Waals surface area contributed by atoms with E-state index in [1.54, 1.807) is 13.0 Å². The Labute approximate surface area is 156 Å². The molecule has 0 spiro atoms. The number of carbonyl (C=O) groups excluding carboxylic acids is 2. The maximum atomic E-state index is 12.4. The summed E-state index contributed by atoms with van der Waals surface area (Å²) in [6.45, 7) is 1.58. The molecule has 0 fully saturated rings. The fourth-order valence-electron chi connectivity index (χ4n) is 2.44. The Morgan fingerprint density at radius 2 is 1.48 bits per heavy atom. The molecule has 0 unspecified atom stereocenters. The Morgan fingerprint density at radius 3 is 2.00 bits per heavy atom. The maximum Gasteiger partial charge on any atom is 0.287 e. The fourth-order valence-corrected chi connectivity index (χ4v) is 2.44. The summed E-state index contributed by atoms with van der Waals surface area (Å²) in [6.07, 6.45) is 1.40. The molecule has 0 radical (unpaired) electrons. The van der Waals surface area contributed by atoms with E-state index >= 15 is 0 Å². The first-order chi connectivity index (χ1) is 13.1. The predicted molar refractivity (Wildman–Crippen MR) is 102 cm³/mol. The Bertz CT molecular complexity index is 878. The van der Waals surface area contributed by atoms with Crippen LogP contribution in [0.25, 0.3) is 0 Å². The van der Waals surface area contributed by atoms with E-state index in [4.69, 9.17) is 4.42 Å². The molecule has 136 valence electrons. The molecule has 0 saturated heterocycles. The van der Waals surface area contributed by atoms with E-state index in [0.29, 0.717) is 5.71 Å². The number of hydrogen-bond acceptors (Lipinski definition) is 4. The van der Waals surface area contributed by atoms with E-state index in [2.05, 4.69) is 15.8 Å². The van der Waals surface area contributed by atoms with Crippen molar-refractivity contribution in [3.63, 3.8) is 0 Å². The Kier molecular flexibility index (Phi) is 5.79. The third kappa shape index (κ3) is 4.70. The second-order valence-corrected chi connectivity index (χ2v) is 5.84. The third-order valence-electron chi connectivity index (χ3n) is 3.86. The van der Waals surface area contributed by atoms with Crippen LogP contribution < -0.4 is 10.7 Å². The Balaban J connectivity index is 1.74. The van der Waals surface area contributed by atoms with Gasteiger partial charge in [0, 0.05) is 11.1 Å². The highest BCUT2D eigenvalue weighted by Crippen LogP contribution is 2.10. The second kappa shape index (κ2) is 8.62. The van der Waals surface area contributed by atoms with Crippen LogP contribution in [0.5, 0.6) is 0 Å². The molecular weight excluding hydrogens is 342 g/mol. The molecular formula is C21H19N3O3. The smallest absolute Gasteiger partial charge is 0.287 e. The minimum atomic E-state index is -0.779. The van der Waals surface area contributed by atoms with Gasteiger partial charge in [-0.2, -0.15) is 5.10 Å². The van der Waals surface area contributed by atoms with E-state index in [1.165, 1.54) is 12.3 Å². The van der Waals surface area contributed by atoms with Crippen LogP contribution in [0.4, 0.5) is 0 Å². The molecule has 1 aromatic heterocycles. The molecule has 0 aliphatic heterocycles. The highest BCUT2D eigenvalue weighted by Gasteiger charge is 2.18. The molecule has 1 atom stereocenters. The summed E-state index contributed by atoms with van der Waals surface area (Å²) < 4.78 is 5.02. The average Bonchev–Trinajstić information content (AvgIpc) is 3.24. The van der Waals surface area contributed by atoms with Crippen LogP contribution in [0.3, 0.4) is 0 Å². The van der Waals surface area contributed by atoms with Gasteiger partial charge in [0.1, 0.15) is 6.04 Å². The molecule has 0 bridgehead atoms. The van der Waals surface area contributed by atoms with Crippen LogP contribution >= 0.6 is 0 Å². The molecule has 2 aromatic carbocycles. The van der Waals surface area contributed by atoms with Crippen LogP contribution in [0.2, 0.25) is 0 Å². The van der Waals surface area contributed by atoms with Gasteiger partial charge in [-0.15, -0.1) is 0 Å². The van der Waals surface area contributed by atoms with Gasteiger partial charge >= 0.3 is 0 Å². The zero-order valence-electron chi connectivity index (χ0n) is 14.8. The standard InChI is InChI=1S/C21H19N3O3/c1-15(22-21(26)18-13-8-14-27-18)20(25)24-23-19(16-9-4-2-5-10-16)17-11-6-3-7-12-17/h2-15H,1H3,(H,22,26)(H,24,25)/t15-/m0/s1. The lowest BCUT2D eigenvalue weighted by Gasteiger charge is -2.12. The van der Waals surface area contributed by atoms with Crippen molar-refractivity contribution in [2.75, 3.05) is 0 Å². The quantitative estimate of drug-likeness (QED) is 0.523. The first kappa shape index (κ1) is 18.1. The van der Waals surface area contributed by atoms with Crippen LogP contribution in [0.1, 0.15) is 28.6 Å². The number of amides is 2. The van der Waals surface area contributed by atoms with Gasteiger partial charge in [0.25, 0.3) is 11.8 Å². The van der Waals surface area contributed by atoms with Gasteiger partial charge < -0.3 is 9.73 Å². The molecule has 6 nitrogen and oxygen atoms in total. The molecule has 1 heterocycles. The normalized spacial score (nSPS) is 11.3. The summed E-state index contributed by atoms with van der Waals surface area (Å²) in [4.78, 5) is 24.3. The number of furan rings is 1. The van der Waals surface area contributed by atoms with Gasteiger partial charge in [-0.1, -0.05) is 60.7 Å². The maximum absolute atomic E-state index is 12.4. The molecule has 27 heavy (non-hydrogen) atoms. The van der Waals surface area contributed by atoms with E-state index in [9.17, 15) is 9.59 Å². The number of hydrogen-bond donors (Lipinski definition) is 2. The minimum Gasteiger partial charge on any atom is -0.459 e. The van der Waals surface area contributed by atoms with Crippen LogP contribution in [0.15, 0.2) is 88.6 Å². The van der Waals surface area contributed by atoms with Crippen molar-refractivity contribution in [3.05, 3.63) is 95.9 Å². The van der Waals surface area contributed by atoms with E-state index in [1.807, 2.05) is 60.7 Å². The van der Waals surface area contributed by atoms with E-state index in [-0.39, 0.29) is 5.76 Å². The highest BCUT2D eigenvalue weighted by atomic mass is 16.3. The Hall–Kier alpha value is -3.67. The lowest BCUT2D eigenvalue weighted by Crippen LogP contribution is -2.43. The summed E-state index contributed by atoms with van der Waals surface area (Å²) in [6, 6.07) is 21.5. The summed E-state index contributed by atoms with van der Waals surface area (Å²) in [5, 5.41) is 6.87. The van der Waals surface area contributed by atoms with Crippen molar-refractivity contribution in [1.82, 2.24) is 10.7 Å². The van der Waals surface area contributed by atoms with Gasteiger partial charge in [-0.05, 0) is 19.1 Å². The molecule has 2 amide bonds. The number of hydrazone groups is 1. The number of nitrogens with zero attached hydrogens (tertiary/aromatic N) is 1. The van der Waals surface area contributed by atoms with Crippen molar-refractivity contribution in [2.45, 2.75) is 13.0 Å². The molecule has 2 N–H and O–H groups in total. The lowest BCUT2D eigenvalue weighted by molar-refractivity contribution is -0.122. The fraction of sp³-hybridized carbons (Fsp3) is 0.0952. The van der Waals surface area contributed by atoms with Crippen molar-refractivity contribution >= 4 is 17.5 Å². The largest absolute Gasteiger partial charge is 0.459 e. The zero-order chi connectivity index (χ0) is 19.1. The van der Waals surface area contributed by atoms with E-state index < -0.39 is 17.9 Å². The molecule has 3 rings (SSSR count). The number of nitrogens with one attached hydrogen (secondary N) is 2. The summed E-state index contributed by atoms with van der Waals surface area (Å²) in [5.74, 6) is -0.746. The lowest BCUT2D eigenvalue weighted by atomic mass is 10.0. The van der Waals surface area contributed by atoms with Crippen molar-refractivity contribution < 1.29 is 14.0 Å². The van der Waals surface area contributed by atoms with Crippen molar-refractivity contribution in [1.29, 1.82) is 0 Å². The molecule has 0 saturated carbocycles. The first-order valence-corrected chi connectivity index (χ1v) is 8.48. The minimum absolute atomic E-state index is 0.146. The van der Waals surface area contributed by atoms with Gasteiger partial charge in [-0.25, -0.2) is 5.43 Å². The summed E-state index contributed by atoms with van der Waals surface area (Å²) >= 11 is 0. The van der Waals surface area contributed by atoms with Gasteiger partial charge in [0.15, 0.2) is 5.76 Å². The molecule has 3 aromatic rings. The second-order valence-electron chi connectivity index (χ2n) is 5.84. The zero-order valence-corrected chi connectivity index (χ0v) is 14.8. The molecule has 0 aliphatic carbocycles. The number of benzene rings is 2. The van der Waals surface area contributed by atoms with Crippen LogP contribution in [-0.4, -0.2) is 23.6 Å². The first-order valence-electron chi connectivity index (χ1n) is 8.48. The molecule has 0 aliphatic rings. The van der Waals surface area contributed by atoms with Crippen molar-refractivity contribution in [3.8, 4) is 0 Å². The predicted octanol–water partition coefficient (Wildman–Crippen LogP) is 2.97. The summed E-state index contributed by atoms with van der Waals surface area (Å²) in [7, 11) is 0. The van der Waals surface area contributed by atoms with Crippen molar-refractivity contribution in [2.24, 2.45) is 5.10 Å². The number of rotatable bonds is 6. The summed E-state index contributed by atoms with van der Waals surface area (Å²) in [5.41, 5.74) is 4.91. The average molecular weight is 361 g/mol. The highest BCUT2D eigenvalue weighted by molar-refractivity contribution is 6.13. The van der Waals surface area contributed by atoms with Crippen LogP contribution in [0, 0.1) is 0 Å². The number of carbonyl (C=O) groups is 2. The van der Waals surface area contributed by atoms with Gasteiger partial charge in [0.05, 0.1) is 12.0 Å². The van der Waals surface area contributed by atoms with Crippen LogP contribution in [-0.2, 0) is 4.79 Å². The van der Waals surface area contributed by atoms with Gasteiger partial charge in [0.2, 0.25) is 0 Å². The van der Waals surface area contributed by atoms with Gasteiger partial charge in [-0.3, -0.25) is 9.59 Å². The topological polar surface area (TPSA) is 83.7 Å².